The van der Waals surface area contributed by atoms with Crippen LogP contribution in [0, 0.1) is 0 Å². The van der Waals surface area contributed by atoms with Gasteiger partial charge in [0.25, 0.3) is 5.56 Å². The Hall–Kier alpha value is -2.89. The molecule has 1 amide bonds. The number of hydrogen-bond acceptors (Lipinski definition) is 3. The molecule has 0 radical (unpaired) electrons. The molecule has 1 aliphatic carbocycles. The van der Waals surface area contributed by atoms with Crippen LogP contribution in [0.4, 0.5) is 0 Å². The first-order chi connectivity index (χ1) is 13.6. The summed E-state index contributed by atoms with van der Waals surface area (Å²) in [6.07, 6.45) is 9.72. The van der Waals surface area contributed by atoms with E-state index in [4.69, 9.17) is 0 Å². The first-order valence-corrected chi connectivity index (χ1v) is 9.98. The Bertz CT molecular complexity index is 1120. The number of rotatable bonds is 5. The lowest BCUT2D eigenvalue weighted by Crippen LogP contribution is -2.33. The van der Waals surface area contributed by atoms with E-state index in [1.165, 1.54) is 23.1 Å². The first-order valence-electron chi connectivity index (χ1n) is 9.98. The standard InChI is InChI=1S/C22H26N4O2/c1-15(21(27)23-13-12-16-8-4-3-5-9-16)26-19-11-7-6-10-17(19)18-14-24-25(2)22(28)20(18)26/h6-8,10-11,14-15H,3-5,9,12-13H2,1-2H3,(H,23,27). The van der Waals surface area contributed by atoms with Crippen molar-refractivity contribution in [1.29, 1.82) is 0 Å². The number of allylic oxidation sites excluding steroid dienone is 1. The average molecular weight is 378 g/mol. The van der Waals surface area contributed by atoms with Crippen LogP contribution in [0.1, 0.15) is 45.1 Å². The molecular weight excluding hydrogens is 352 g/mol. The second-order valence-corrected chi connectivity index (χ2v) is 7.55. The number of aryl methyl sites for hydroxylation is 1. The van der Waals surface area contributed by atoms with Crippen LogP contribution in [-0.2, 0) is 11.8 Å². The predicted octanol–water partition coefficient (Wildman–Crippen LogP) is 3.46. The second kappa shape index (κ2) is 7.62. The van der Waals surface area contributed by atoms with Gasteiger partial charge in [-0.2, -0.15) is 5.10 Å². The van der Waals surface area contributed by atoms with Crippen molar-refractivity contribution < 1.29 is 4.79 Å². The maximum atomic E-state index is 12.9. The quantitative estimate of drug-likeness (QED) is 0.692. The van der Waals surface area contributed by atoms with E-state index in [2.05, 4.69) is 16.5 Å². The fraction of sp³-hybridized carbons (Fsp3) is 0.409. The zero-order valence-electron chi connectivity index (χ0n) is 16.4. The molecule has 1 N–H and O–H groups in total. The third-order valence-corrected chi connectivity index (χ3v) is 5.70. The summed E-state index contributed by atoms with van der Waals surface area (Å²) >= 11 is 0. The van der Waals surface area contributed by atoms with Crippen LogP contribution in [0.25, 0.3) is 21.8 Å². The summed E-state index contributed by atoms with van der Waals surface area (Å²) in [5.41, 5.74) is 2.65. The molecule has 4 rings (SSSR count). The Morgan fingerprint density at radius 2 is 2.07 bits per heavy atom. The van der Waals surface area contributed by atoms with Crippen molar-refractivity contribution in [3.8, 4) is 0 Å². The van der Waals surface area contributed by atoms with Gasteiger partial charge in [-0.15, -0.1) is 0 Å². The molecule has 0 spiro atoms. The minimum Gasteiger partial charge on any atom is -0.354 e. The number of aromatic nitrogens is 3. The number of fused-ring (bicyclic) bond motifs is 3. The second-order valence-electron chi connectivity index (χ2n) is 7.55. The summed E-state index contributed by atoms with van der Waals surface area (Å²) in [4.78, 5) is 25.7. The Balaban J connectivity index is 1.65. The largest absolute Gasteiger partial charge is 0.354 e. The van der Waals surface area contributed by atoms with E-state index in [1.54, 1.807) is 13.2 Å². The van der Waals surface area contributed by atoms with Crippen molar-refractivity contribution >= 4 is 27.7 Å². The smallest absolute Gasteiger partial charge is 0.291 e. The lowest BCUT2D eigenvalue weighted by atomic mass is 9.97. The molecule has 6 heteroatoms. The highest BCUT2D eigenvalue weighted by molar-refractivity contribution is 6.08. The Morgan fingerprint density at radius 3 is 2.86 bits per heavy atom. The van der Waals surface area contributed by atoms with Crippen LogP contribution in [0.15, 0.2) is 46.9 Å². The van der Waals surface area contributed by atoms with Crippen molar-refractivity contribution in [2.45, 2.75) is 45.1 Å². The fourth-order valence-electron chi connectivity index (χ4n) is 4.13. The number of hydrogen-bond donors (Lipinski definition) is 1. The van der Waals surface area contributed by atoms with Crippen LogP contribution in [0.2, 0.25) is 0 Å². The van der Waals surface area contributed by atoms with Gasteiger partial charge in [0, 0.05) is 24.4 Å². The molecule has 1 atom stereocenters. The monoisotopic (exact) mass is 378 g/mol. The third kappa shape index (κ3) is 3.23. The molecular formula is C22H26N4O2. The summed E-state index contributed by atoms with van der Waals surface area (Å²) in [7, 11) is 1.63. The van der Waals surface area contributed by atoms with E-state index in [-0.39, 0.29) is 11.5 Å². The molecule has 0 saturated carbocycles. The van der Waals surface area contributed by atoms with Crippen LogP contribution in [0.5, 0.6) is 0 Å². The average Bonchev–Trinajstić information content (AvgIpc) is 3.06. The van der Waals surface area contributed by atoms with Crippen molar-refractivity contribution in [2.75, 3.05) is 6.54 Å². The minimum atomic E-state index is -0.488. The highest BCUT2D eigenvalue weighted by Crippen LogP contribution is 2.29. The fourth-order valence-corrected chi connectivity index (χ4v) is 4.13. The molecule has 28 heavy (non-hydrogen) atoms. The number of carbonyl (C=O) groups excluding carboxylic acids is 1. The van der Waals surface area contributed by atoms with Crippen molar-refractivity contribution in [1.82, 2.24) is 19.7 Å². The van der Waals surface area contributed by atoms with E-state index in [0.717, 1.165) is 35.6 Å². The molecule has 0 bridgehead atoms. The van der Waals surface area contributed by atoms with Gasteiger partial charge < -0.3 is 9.88 Å². The van der Waals surface area contributed by atoms with Gasteiger partial charge in [-0.3, -0.25) is 9.59 Å². The predicted molar refractivity (Wildman–Crippen MR) is 111 cm³/mol. The van der Waals surface area contributed by atoms with E-state index < -0.39 is 6.04 Å². The third-order valence-electron chi connectivity index (χ3n) is 5.70. The molecule has 3 aromatic rings. The normalized spacial score (nSPS) is 15.6. The van der Waals surface area contributed by atoms with E-state index >= 15 is 0 Å². The highest BCUT2D eigenvalue weighted by atomic mass is 16.2. The summed E-state index contributed by atoms with van der Waals surface area (Å²) < 4.78 is 3.17. The summed E-state index contributed by atoms with van der Waals surface area (Å²) in [5, 5.41) is 8.94. The van der Waals surface area contributed by atoms with E-state index in [9.17, 15) is 9.59 Å². The van der Waals surface area contributed by atoms with Crippen molar-refractivity contribution in [2.24, 2.45) is 7.05 Å². The lowest BCUT2D eigenvalue weighted by molar-refractivity contribution is -0.123. The molecule has 1 unspecified atom stereocenters. The molecule has 0 aliphatic heterocycles. The number of benzene rings is 1. The summed E-state index contributed by atoms with van der Waals surface area (Å²) in [6, 6.07) is 7.29. The number of nitrogens with zero attached hydrogens (tertiary/aromatic N) is 3. The highest BCUT2D eigenvalue weighted by Gasteiger charge is 2.23. The van der Waals surface area contributed by atoms with Crippen LogP contribution in [0.3, 0.4) is 0 Å². The Morgan fingerprint density at radius 1 is 1.25 bits per heavy atom. The SMILES string of the molecule is CC(C(=O)NCCC1=CCCCC1)n1c2ccccc2c2cnn(C)c(=O)c21. The van der Waals surface area contributed by atoms with E-state index in [1.807, 2.05) is 35.8 Å². The number of para-hydroxylation sites is 1. The van der Waals surface area contributed by atoms with Gasteiger partial charge in [0.05, 0.1) is 11.7 Å². The maximum absolute atomic E-state index is 12.9. The van der Waals surface area contributed by atoms with Crippen molar-refractivity contribution in [3.05, 3.63) is 52.5 Å². The molecule has 2 heterocycles. The van der Waals surface area contributed by atoms with Gasteiger partial charge >= 0.3 is 0 Å². The van der Waals surface area contributed by atoms with Crippen LogP contribution >= 0.6 is 0 Å². The Labute approximate surface area is 163 Å². The number of nitrogens with one attached hydrogen (secondary N) is 1. The molecule has 2 aromatic heterocycles. The zero-order chi connectivity index (χ0) is 19.7. The molecule has 0 fully saturated rings. The minimum absolute atomic E-state index is 0.0714. The van der Waals surface area contributed by atoms with Crippen molar-refractivity contribution in [3.63, 3.8) is 0 Å². The molecule has 0 saturated heterocycles. The van der Waals surface area contributed by atoms with Crippen LogP contribution in [-0.4, -0.2) is 26.8 Å². The number of amides is 1. The Kier molecular flexibility index (Phi) is 5.03. The van der Waals surface area contributed by atoms with Gasteiger partial charge in [-0.05, 0) is 45.1 Å². The van der Waals surface area contributed by atoms with Gasteiger partial charge in [-0.25, -0.2) is 4.68 Å². The summed E-state index contributed by atoms with van der Waals surface area (Å²) in [5.74, 6) is -0.0714. The van der Waals surface area contributed by atoms with E-state index in [0.29, 0.717) is 12.1 Å². The van der Waals surface area contributed by atoms with Gasteiger partial charge in [0.15, 0.2) is 0 Å². The maximum Gasteiger partial charge on any atom is 0.291 e. The first kappa shape index (κ1) is 18.5. The molecule has 1 aromatic carbocycles. The molecule has 1 aliphatic rings. The van der Waals surface area contributed by atoms with Crippen LogP contribution < -0.4 is 10.9 Å². The van der Waals surface area contributed by atoms with Gasteiger partial charge in [0.1, 0.15) is 11.6 Å². The van der Waals surface area contributed by atoms with Gasteiger partial charge in [0.2, 0.25) is 5.91 Å². The molecule has 6 nitrogen and oxygen atoms in total. The van der Waals surface area contributed by atoms with Gasteiger partial charge in [-0.1, -0.05) is 29.8 Å². The zero-order valence-corrected chi connectivity index (χ0v) is 16.4. The number of carbonyl (C=O) groups is 1. The lowest BCUT2D eigenvalue weighted by Gasteiger charge is -2.18. The molecule has 146 valence electrons. The summed E-state index contributed by atoms with van der Waals surface area (Å²) in [6.45, 7) is 2.48. The topological polar surface area (TPSA) is 68.9 Å².